The topological polar surface area (TPSA) is 49.8 Å². The Morgan fingerprint density at radius 3 is 2.75 bits per heavy atom. The van der Waals surface area contributed by atoms with Crippen molar-refractivity contribution in [3.05, 3.63) is 10.7 Å². The molecule has 0 aliphatic carbocycles. The van der Waals surface area contributed by atoms with Crippen LogP contribution < -0.4 is 10.6 Å². The van der Waals surface area contributed by atoms with Gasteiger partial charge in [-0.1, -0.05) is 20.8 Å². The van der Waals surface area contributed by atoms with Gasteiger partial charge in [0.1, 0.15) is 5.82 Å². The molecular formula is C11H19BrN4. The van der Waals surface area contributed by atoms with Crippen molar-refractivity contribution in [1.82, 2.24) is 9.97 Å². The molecule has 0 saturated carbocycles. The van der Waals surface area contributed by atoms with E-state index in [9.17, 15) is 0 Å². The van der Waals surface area contributed by atoms with Crippen molar-refractivity contribution < 1.29 is 0 Å². The van der Waals surface area contributed by atoms with Gasteiger partial charge in [0.2, 0.25) is 5.95 Å². The Bertz CT molecular complexity index is 328. The van der Waals surface area contributed by atoms with Crippen LogP contribution in [0.25, 0.3) is 0 Å². The molecule has 1 heterocycles. The molecule has 1 aromatic rings. The predicted molar refractivity (Wildman–Crippen MR) is 71.8 cm³/mol. The third-order valence-electron chi connectivity index (χ3n) is 1.95. The Hall–Kier alpha value is -0.840. The molecule has 0 spiro atoms. The molecule has 5 heteroatoms. The van der Waals surface area contributed by atoms with E-state index in [4.69, 9.17) is 0 Å². The van der Waals surface area contributed by atoms with Gasteiger partial charge in [-0.05, 0) is 28.3 Å². The highest BCUT2D eigenvalue weighted by Gasteiger charge is 2.04. The summed E-state index contributed by atoms with van der Waals surface area (Å²) < 4.78 is 0.898. The fourth-order valence-electron chi connectivity index (χ4n) is 1.11. The van der Waals surface area contributed by atoms with Crippen LogP contribution in [0.15, 0.2) is 10.7 Å². The van der Waals surface area contributed by atoms with Gasteiger partial charge in [0.15, 0.2) is 0 Å². The van der Waals surface area contributed by atoms with Crippen LogP contribution in [0.2, 0.25) is 0 Å². The van der Waals surface area contributed by atoms with Crippen LogP contribution in [0.5, 0.6) is 0 Å². The largest absolute Gasteiger partial charge is 0.369 e. The van der Waals surface area contributed by atoms with Gasteiger partial charge in [0.05, 0.1) is 4.47 Å². The van der Waals surface area contributed by atoms with Gasteiger partial charge in [0.25, 0.3) is 0 Å². The molecule has 0 fully saturated rings. The van der Waals surface area contributed by atoms with E-state index in [-0.39, 0.29) is 0 Å². The van der Waals surface area contributed by atoms with E-state index in [1.807, 2.05) is 0 Å². The third kappa shape index (κ3) is 4.35. The lowest BCUT2D eigenvalue weighted by molar-refractivity contribution is 0.686. The summed E-state index contributed by atoms with van der Waals surface area (Å²) in [5, 5.41) is 6.46. The molecule has 4 nitrogen and oxygen atoms in total. The third-order valence-corrected chi connectivity index (χ3v) is 2.54. The molecule has 1 aromatic heterocycles. The summed E-state index contributed by atoms with van der Waals surface area (Å²) in [6.45, 7) is 8.24. The molecule has 0 aliphatic heterocycles. The number of halogens is 1. The van der Waals surface area contributed by atoms with Crippen molar-refractivity contribution in [1.29, 1.82) is 0 Å². The van der Waals surface area contributed by atoms with E-state index in [2.05, 4.69) is 57.3 Å². The number of hydrogen-bond acceptors (Lipinski definition) is 4. The molecule has 0 aliphatic rings. The van der Waals surface area contributed by atoms with Gasteiger partial charge in [-0.2, -0.15) is 4.98 Å². The van der Waals surface area contributed by atoms with Crippen molar-refractivity contribution in [3.8, 4) is 0 Å². The summed E-state index contributed by atoms with van der Waals surface area (Å²) in [7, 11) is 0. The summed E-state index contributed by atoms with van der Waals surface area (Å²) in [4.78, 5) is 8.60. The van der Waals surface area contributed by atoms with E-state index in [1.54, 1.807) is 6.20 Å². The normalized spacial score (nSPS) is 10.6. The second kappa shape index (κ2) is 6.68. The lowest BCUT2D eigenvalue weighted by Crippen LogP contribution is -2.12. The maximum absolute atomic E-state index is 4.40. The smallest absolute Gasteiger partial charge is 0.224 e. The highest BCUT2D eigenvalue weighted by Crippen LogP contribution is 2.20. The first kappa shape index (κ1) is 13.2. The lowest BCUT2D eigenvalue weighted by Gasteiger charge is -2.11. The average Bonchev–Trinajstić information content (AvgIpc) is 2.26. The van der Waals surface area contributed by atoms with E-state index >= 15 is 0 Å². The maximum atomic E-state index is 4.40. The minimum absolute atomic E-state index is 0.592. The minimum atomic E-state index is 0.592. The van der Waals surface area contributed by atoms with Gasteiger partial charge in [-0.3, -0.25) is 0 Å². The zero-order chi connectivity index (χ0) is 12.0. The van der Waals surface area contributed by atoms with Gasteiger partial charge in [0, 0.05) is 19.3 Å². The fourth-order valence-corrected chi connectivity index (χ4v) is 1.45. The minimum Gasteiger partial charge on any atom is -0.369 e. The Balaban J connectivity index is 2.66. The molecule has 0 aromatic carbocycles. The van der Waals surface area contributed by atoms with E-state index in [0.29, 0.717) is 11.9 Å². The standard InChI is InChI=1S/C11H19BrN4/c1-4-5-13-11-15-7-9(12)10(16-11)14-6-8(2)3/h7-8H,4-6H2,1-3H3,(H2,13,14,15,16). The van der Waals surface area contributed by atoms with Gasteiger partial charge in [-0.15, -0.1) is 0 Å². The highest BCUT2D eigenvalue weighted by molar-refractivity contribution is 9.10. The molecule has 90 valence electrons. The number of aromatic nitrogens is 2. The Morgan fingerprint density at radius 2 is 2.12 bits per heavy atom. The summed E-state index contributed by atoms with van der Waals surface area (Å²) >= 11 is 3.43. The van der Waals surface area contributed by atoms with Gasteiger partial charge >= 0.3 is 0 Å². The van der Waals surface area contributed by atoms with Crippen molar-refractivity contribution in [2.75, 3.05) is 23.7 Å². The van der Waals surface area contributed by atoms with Crippen LogP contribution in [0.4, 0.5) is 11.8 Å². The fraction of sp³-hybridized carbons (Fsp3) is 0.636. The van der Waals surface area contributed by atoms with Crippen molar-refractivity contribution in [2.24, 2.45) is 5.92 Å². The average molecular weight is 287 g/mol. The molecule has 0 saturated heterocycles. The summed E-state index contributed by atoms with van der Waals surface area (Å²) in [6.07, 6.45) is 2.84. The van der Waals surface area contributed by atoms with Crippen LogP contribution in [-0.2, 0) is 0 Å². The van der Waals surface area contributed by atoms with Crippen LogP contribution in [0, 0.1) is 5.92 Å². The SMILES string of the molecule is CCCNc1ncc(Br)c(NCC(C)C)n1. The highest BCUT2D eigenvalue weighted by atomic mass is 79.9. The van der Waals surface area contributed by atoms with Gasteiger partial charge < -0.3 is 10.6 Å². The zero-order valence-corrected chi connectivity index (χ0v) is 11.6. The number of hydrogen-bond donors (Lipinski definition) is 2. The quantitative estimate of drug-likeness (QED) is 0.844. The molecule has 1 rings (SSSR count). The Kier molecular flexibility index (Phi) is 5.52. The molecule has 2 N–H and O–H groups in total. The monoisotopic (exact) mass is 286 g/mol. The van der Waals surface area contributed by atoms with E-state index in [1.165, 1.54) is 0 Å². The molecule has 0 unspecified atom stereocenters. The molecule has 16 heavy (non-hydrogen) atoms. The lowest BCUT2D eigenvalue weighted by atomic mass is 10.2. The van der Waals surface area contributed by atoms with Crippen molar-refractivity contribution >= 4 is 27.7 Å². The number of anilines is 2. The summed E-state index contributed by atoms with van der Waals surface area (Å²) in [5.74, 6) is 2.12. The first-order valence-electron chi connectivity index (χ1n) is 5.63. The molecular weight excluding hydrogens is 268 g/mol. The first-order chi connectivity index (χ1) is 7.63. The second-order valence-corrected chi connectivity index (χ2v) is 4.95. The maximum Gasteiger partial charge on any atom is 0.224 e. The van der Waals surface area contributed by atoms with Crippen molar-refractivity contribution in [2.45, 2.75) is 27.2 Å². The van der Waals surface area contributed by atoms with Crippen LogP contribution in [0.1, 0.15) is 27.2 Å². The number of rotatable bonds is 6. The van der Waals surface area contributed by atoms with Crippen LogP contribution >= 0.6 is 15.9 Å². The zero-order valence-electron chi connectivity index (χ0n) is 10.0. The first-order valence-corrected chi connectivity index (χ1v) is 6.43. The number of nitrogens with one attached hydrogen (secondary N) is 2. The van der Waals surface area contributed by atoms with Crippen LogP contribution in [0.3, 0.4) is 0 Å². The molecule has 0 bridgehead atoms. The van der Waals surface area contributed by atoms with E-state index in [0.717, 1.165) is 29.8 Å². The Labute approximate surface area is 105 Å². The van der Waals surface area contributed by atoms with Crippen LogP contribution in [-0.4, -0.2) is 23.1 Å². The number of nitrogens with zero attached hydrogens (tertiary/aromatic N) is 2. The molecule has 0 atom stereocenters. The molecule has 0 amide bonds. The van der Waals surface area contributed by atoms with Crippen molar-refractivity contribution in [3.63, 3.8) is 0 Å². The van der Waals surface area contributed by atoms with E-state index < -0.39 is 0 Å². The predicted octanol–water partition coefficient (Wildman–Crippen LogP) is 3.13. The molecule has 0 radical (unpaired) electrons. The second-order valence-electron chi connectivity index (χ2n) is 4.09. The Morgan fingerprint density at radius 1 is 1.38 bits per heavy atom. The van der Waals surface area contributed by atoms with Gasteiger partial charge in [-0.25, -0.2) is 4.98 Å². The summed E-state index contributed by atoms with van der Waals surface area (Å²) in [6, 6.07) is 0. The summed E-state index contributed by atoms with van der Waals surface area (Å²) in [5.41, 5.74) is 0.